The van der Waals surface area contributed by atoms with E-state index in [1.165, 1.54) is 39.2 Å². The number of carbonyl (C=O) groups excluding carboxylic acids is 1. The van der Waals surface area contributed by atoms with Crippen LogP contribution in [0.2, 0.25) is 0 Å². The molecule has 0 bridgehead atoms. The number of aldehydes is 1. The summed E-state index contributed by atoms with van der Waals surface area (Å²) in [6, 6.07) is 5.33. The highest BCUT2D eigenvalue weighted by atomic mass is 16.5. The van der Waals surface area contributed by atoms with E-state index in [1.54, 1.807) is 12.1 Å². The van der Waals surface area contributed by atoms with Crippen LogP contribution in [0.15, 0.2) is 18.2 Å². The number of benzene rings is 1. The summed E-state index contributed by atoms with van der Waals surface area (Å²) in [6.07, 6.45) is 8.26. The van der Waals surface area contributed by atoms with Crippen molar-refractivity contribution in [3.05, 3.63) is 23.8 Å². The van der Waals surface area contributed by atoms with Crippen LogP contribution in [-0.4, -0.2) is 26.5 Å². The minimum Gasteiger partial charge on any atom is -0.493 e. The third-order valence-electron chi connectivity index (χ3n) is 2.99. The molecule has 1 aromatic carbocycles. The van der Waals surface area contributed by atoms with Gasteiger partial charge in [-0.3, -0.25) is 4.79 Å². The first-order chi connectivity index (χ1) is 10.3. The van der Waals surface area contributed by atoms with Gasteiger partial charge >= 0.3 is 0 Å². The number of ether oxygens (including phenoxy) is 2. The first-order valence-electron chi connectivity index (χ1n) is 7.75. The fourth-order valence-corrected chi connectivity index (χ4v) is 2.09. The van der Waals surface area contributed by atoms with Crippen LogP contribution >= 0.6 is 0 Å². The standard InChI is InChI=1S/C11H14O3.C5H10.CH5N/c1-3-13-10-6-5-7-11(14-4-2)9(10)8-12;1-2-4-5-3-1;1-2/h5-8H,3-4H2,1-2H3;1-5H2;2H2,1H3. The van der Waals surface area contributed by atoms with Crippen molar-refractivity contribution in [2.75, 3.05) is 20.3 Å². The molecule has 4 heteroatoms. The van der Waals surface area contributed by atoms with Crippen LogP contribution in [0.3, 0.4) is 0 Å². The SMILES string of the molecule is C1CCCC1.CCOc1cccc(OCC)c1C=O.CN. The highest BCUT2D eigenvalue weighted by Crippen LogP contribution is 2.26. The minimum atomic E-state index is 0.483. The number of nitrogens with two attached hydrogens (primary N) is 1. The maximum atomic E-state index is 10.8. The lowest BCUT2D eigenvalue weighted by Gasteiger charge is -2.10. The lowest BCUT2D eigenvalue weighted by molar-refractivity contribution is 0.111. The Morgan fingerprint density at radius 1 is 0.952 bits per heavy atom. The second kappa shape index (κ2) is 13.4. The number of carbonyl (C=O) groups is 1. The Hall–Kier alpha value is -1.55. The third kappa shape index (κ3) is 7.71. The van der Waals surface area contributed by atoms with E-state index in [0.29, 0.717) is 30.3 Å². The van der Waals surface area contributed by atoms with Gasteiger partial charge in [-0.1, -0.05) is 38.2 Å². The second-order valence-electron chi connectivity index (χ2n) is 4.42. The zero-order valence-electron chi connectivity index (χ0n) is 13.6. The van der Waals surface area contributed by atoms with Crippen LogP contribution in [0.4, 0.5) is 0 Å². The average molecular weight is 295 g/mol. The van der Waals surface area contributed by atoms with Crippen molar-refractivity contribution in [3.63, 3.8) is 0 Å². The fraction of sp³-hybridized carbons (Fsp3) is 0.588. The highest BCUT2D eigenvalue weighted by molar-refractivity contribution is 5.83. The molecule has 0 spiro atoms. The topological polar surface area (TPSA) is 61.5 Å². The largest absolute Gasteiger partial charge is 0.493 e. The van der Waals surface area contributed by atoms with Gasteiger partial charge in [0.05, 0.1) is 18.8 Å². The molecule has 1 saturated carbocycles. The molecule has 120 valence electrons. The minimum absolute atomic E-state index is 0.483. The first kappa shape index (κ1) is 19.4. The Morgan fingerprint density at radius 2 is 1.33 bits per heavy atom. The van der Waals surface area contributed by atoms with Crippen LogP contribution in [-0.2, 0) is 0 Å². The van der Waals surface area contributed by atoms with Crippen molar-refractivity contribution in [1.82, 2.24) is 0 Å². The molecule has 2 N–H and O–H groups in total. The van der Waals surface area contributed by atoms with Crippen LogP contribution < -0.4 is 15.2 Å². The molecule has 1 aliphatic rings. The average Bonchev–Trinajstić information content (AvgIpc) is 3.10. The number of hydrogen-bond acceptors (Lipinski definition) is 4. The smallest absolute Gasteiger partial charge is 0.157 e. The Morgan fingerprint density at radius 3 is 1.62 bits per heavy atom. The summed E-state index contributed by atoms with van der Waals surface area (Å²) in [4.78, 5) is 10.8. The van der Waals surface area contributed by atoms with Crippen LogP contribution in [0.5, 0.6) is 11.5 Å². The second-order valence-corrected chi connectivity index (χ2v) is 4.42. The highest BCUT2D eigenvalue weighted by Gasteiger charge is 2.08. The summed E-state index contributed by atoms with van der Waals surface area (Å²) in [5.74, 6) is 1.15. The van der Waals surface area contributed by atoms with Gasteiger partial charge < -0.3 is 15.2 Å². The Bertz CT molecular complexity index is 344. The summed E-state index contributed by atoms with van der Waals surface area (Å²) in [7, 11) is 1.50. The summed E-state index contributed by atoms with van der Waals surface area (Å²) in [6.45, 7) is 4.83. The normalized spacial score (nSPS) is 12.4. The van der Waals surface area contributed by atoms with Crippen LogP contribution in [0.1, 0.15) is 56.3 Å². The molecule has 0 atom stereocenters. The lowest BCUT2D eigenvalue weighted by Crippen LogP contribution is -2.00. The van der Waals surface area contributed by atoms with Crippen LogP contribution in [0, 0.1) is 0 Å². The molecule has 0 amide bonds. The van der Waals surface area contributed by atoms with Crippen molar-refractivity contribution in [2.24, 2.45) is 5.73 Å². The molecule has 0 unspecified atom stereocenters. The zero-order chi connectivity index (χ0) is 15.9. The van der Waals surface area contributed by atoms with Gasteiger partial charge in [-0.15, -0.1) is 0 Å². The molecule has 0 heterocycles. The van der Waals surface area contributed by atoms with Gasteiger partial charge in [0.1, 0.15) is 11.5 Å². The first-order valence-corrected chi connectivity index (χ1v) is 7.75. The van der Waals surface area contributed by atoms with Gasteiger partial charge in [-0.25, -0.2) is 0 Å². The van der Waals surface area contributed by atoms with E-state index < -0.39 is 0 Å². The van der Waals surface area contributed by atoms with Crippen molar-refractivity contribution >= 4 is 6.29 Å². The van der Waals surface area contributed by atoms with E-state index in [1.807, 2.05) is 19.9 Å². The molecule has 21 heavy (non-hydrogen) atoms. The van der Waals surface area contributed by atoms with Crippen molar-refractivity contribution in [2.45, 2.75) is 46.0 Å². The molecule has 2 rings (SSSR count). The molecule has 1 aromatic rings. The summed E-state index contributed by atoms with van der Waals surface area (Å²) >= 11 is 0. The number of rotatable bonds is 5. The number of hydrogen-bond donors (Lipinski definition) is 1. The quantitative estimate of drug-likeness (QED) is 0.839. The Labute approximate surface area is 128 Å². The molecule has 0 saturated heterocycles. The van der Waals surface area contributed by atoms with E-state index >= 15 is 0 Å². The van der Waals surface area contributed by atoms with Gasteiger partial charge in [0, 0.05) is 0 Å². The molecular formula is C17H29NO3. The molecule has 0 aromatic heterocycles. The van der Waals surface area contributed by atoms with E-state index in [2.05, 4.69) is 5.73 Å². The fourth-order valence-electron chi connectivity index (χ4n) is 2.09. The molecular weight excluding hydrogens is 266 g/mol. The monoisotopic (exact) mass is 295 g/mol. The zero-order valence-corrected chi connectivity index (χ0v) is 13.6. The van der Waals surface area contributed by atoms with Gasteiger partial charge in [0.2, 0.25) is 0 Å². The maximum absolute atomic E-state index is 10.8. The maximum Gasteiger partial charge on any atom is 0.157 e. The summed E-state index contributed by atoms with van der Waals surface area (Å²) < 4.78 is 10.6. The van der Waals surface area contributed by atoms with Gasteiger partial charge in [0.15, 0.2) is 6.29 Å². The Balaban J connectivity index is 0.000000473. The van der Waals surface area contributed by atoms with Gasteiger partial charge in [0.25, 0.3) is 0 Å². The predicted molar refractivity (Wildman–Crippen MR) is 87.4 cm³/mol. The molecule has 1 fully saturated rings. The van der Waals surface area contributed by atoms with E-state index in [4.69, 9.17) is 9.47 Å². The van der Waals surface area contributed by atoms with Gasteiger partial charge in [-0.05, 0) is 33.0 Å². The van der Waals surface area contributed by atoms with Crippen molar-refractivity contribution < 1.29 is 14.3 Å². The summed E-state index contributed by atoms with van der Waals surface area (Å²) in [5, 5.41) is 0. The van der Waals surface area contributed by atoms with E-state index in [0.717, 1.165) is 6.29 Å². The molecule has 4 nitrogen and oxygen atoms in total. The third-order valence-corrected chi connectivity index (χ3v) is 2.99. The Kier molecular flexibility index (Phi) is 12.4. The molecule has 0 radical (unpaired) electrons. The van der Waals surface area contributed by atoms with Gasteiger partial charge in [-0.2, -0.15) is 0 Å². The summed E-state index contributed by atoms with van der Waals surface area (Å²) in [5.41, 5.74) is 4.98. The van der Waals surface area contributed by atoms with Crippen LogP contribution in [0.25, 0.3) is 0 Å². The lowest BCUT2D eigenvalue weighted by atomic mass is 10.2. The van der Waals surface area contributed by atoms with E-state index in [9.17, 15) is 4.79 Å². The molecule has 1 aliphatic carbocycles. The van der Waals surface area contributed by atoms with E-state index in [-0.39, 0.29) is 0 Å². The van der Waals surface area contributed by atoms with Crippen molar-refractivity contribution in [1.29, 1.82) is 0 Å². The van der Waals surface area contributed by atoms with Crippen molar-refractivity contribution in [3.8, 4) is 11.5 Å². The predicted octanol–water partition coefficient (Wildman–Crippen LogP) is 3.82. The molecule has 0 aliphatic heterocycles.